The van der Waals surface area contributed by atoms with Gasteiger partial charge in [-0.05, 0) is 55.8 Å². The second-order valence-corrected chi connectivity index (χ2v) is 7.48. The molecule has 2 bridgehead atoms. The molecule has 0 heterocycles. The summed E-state index contributed by atoms with van der Waals surface area (Å²) in [6.45, 7) is 4.44. The molecule has 4 unspecified atom stereocenters. The van der Waals surface area contributed by atoms with E-state index in [1.54, 1.807) is 0 Å². The van der Waals surface area contributed by atoms with Crippen LogP contribution in [0.15, 0.2) is 0 Å². The Kier molecular flexibility index (Phi) is 3.36. The maximum atomic E-state index is 12.4. The number of carbonyl (C=O) groups is 1. The number of carbonyl (C=O) groups excluding carboxylic acids is 1. The molecule has 108 valence electrons. The van der Waals surface area contributed by atoms with Crippen molar-refractivity contribution in [3.63, 3.8) is 0 Å². The number of rotatable bonds is 3. The van der Waals surface area contributed by atoms with Crippen LogP contribution in [0, 0.1) is 23.2 Å². The highest BCUT2D eigenvalue weighted by molar-refractivity contribution is 5.82. The van der Waals surface area contributed by atoms with Gasteiger partial charge in [-0.15, -0.1) is 0 Å². The molecule has 3 N–H and O–H groups in total. The molecule has 3 aliphatic rings. The standard InChI is InChI=1S/C16H28N2O/c1-3-16(2)9-13(16)15(19)18-14-10-5-4-6-11(14)8-12(17)7-10/h10-14H,3-9,17H2,1-2H3,(H,18,19). The van der Waals surface area contributed by atoms with Crippen molar-refractivity contribution in [2.24, 2.45) is 28.9 Å². The second kappa shape index (κ2) is 4.76. The lowest BCUT2D eigenvalue weighted by Crippen LogP contribution is -2.54. The van der Waals surface area contributed by atoms with Gasteiger partial charge in [-0.25, -0.2) is 0 Å². The van der Waals surface area contributed by atoms with Crippen molar-refractivity contribution in [2.45, 2.75) is 70.9 Å². The Balaban J connectivity index is 1.62. The van der Waals surface area contributed by atoms with Crippen LogP contribution in [0.1, 0.15) is 58.8 Å². The third-order valence-corrected chi connectivity index (χ3v) is 6.16. The van der Waals surface area contributed by atoms with Gasteiger partial charge in [0.2, 0.25) is 5.91 Å². The van der Waals surface area contributed by atoms with Gasteiger partial charge < -0.3 is 11.1 Å². The first kappa shape index (κ1) is 13.4. The van der Waals surface area contributed by atoms with Gasteiger partial charge in [0.05, 0.1) is 0 Å². The Morgan fingerprint density at radius 3 is 2.47 bits per heavy atom. The number of nitrogens with two attached hydrogens (primary N) is 1. The predicted molar refractivity (Wildman–Crippen MR) is 76.5 cm³/mol. The van der Waals surface area contributed by atoms with Crippen LogP contribution >= 0.6 is 0 Å². The first-order valence-corrected chi connectivity index (χ1v) is 8.09. The average Bonchev–Trinajstić information content (AvgIpc) is 3.04. The van der Waals surface area contributed by atoms with E-state index in [9.17, 15) is 4.79 Å². The van der Waals surface area contributed by atoms with Crippen LogP contribution in [-0.2, 0) is 4.79 Å². The molecule has 0 aromatic carbocycles. The molecule has 0 aromatic heterocycles. The summed E-state index contributed by atoms with van der Waals surface area (Å²) in [5.74, 6) is 1.87. The fourth-order valence-electron chi connectivity index (χ4n) is 4.50. The highest BCUT2D eigenvalue weighted by Gasteiger charge is 2.54. The van der Waals surface area contributed by atoms with Gasteiger partial charge >= 0.3 is 0 Å². The average molecular weight is 264 g/mol. The highest BCUT2D eigenvalue weighted by atomic mass is 16.2. The summed E-state index contributed by atoms with van der Waals surface area (Å²) in [6, 6.07) is 0.785. The molecule has 3 nitrogen and oxygen atoms in total. The fourth-order valence-corrected chi connectivity index (χ4v) is 4.50. The third kappa shape index (κ3) is 2.42. The number of nitrogens with one attached hydrogen (secondary N) is 1. The Morgan fingerprint density at radius 2 is 1.95 bits per heavy atom. The van der Waals surface area contributed by atoms with Gasteiger partial charge in [0, 0.05) is 18.0 Å². The van der Waals surface area contributed by atoms with Crippen molar-refractivity contribution in [1.82, 2.24) is 5.32 Å². The largest absolute Gasteiger partial charge is 0.353 e. The zero-order chi connectivity index (χ0) is 13.6. The molecule has 3 rings (SSSR count). The van der Waals surface area contributed by atoms with Crippen LogP contribution in [0.3, 0.4) is 0 Å². The van der Waals surface area contributed by atoms with Crippen LogP contribution in [0.25, 0.3) is 0 Å². The Labute approximate surface area is 116 Å². The molecule has 0 saturated heterocycles. The Bertz CT molecular complexity index is 356. The van der Waals surface area contributed by atoms with E-state index in [4.69, 9.17) is 5.73 Å². The molecule has 3 saturated carbocycles. The van der Waals surface area contributed by atoms with Crippen LogP contribution < -0.4 is 11.1 Å². The molecular formula is C16H28N2O. The van der Waals surface area contributed by atoms with E-state index in [-0.39, 0.29) is 11.3 Å². The quantitative estimate of drug-likeness (QED) is 0.822. The molecule has 4 atom stereocenters. The molecule has 0 aromatic rings. The maximum Gasteiger partial charge on any atom is 0.223 e. The van der Waals surface area contributed by atoms with E-state index < -0.39 is 0 Å². The monoisotopic (exact) mass is 264 g/mol. The van der Waals surface area contributed by atoms with Crippen LogP contribution in [-0.4, -0.2) is 18.0 Å². The highest BCUT2D eigenvalue weighted by Crippen LogP contribution is 2.55. The molecular weight excluding hydrogens is 236 g/mol. The van der Waals surface area contributed by atoms with Crippen molar-refractivity contribution in [3.8, 4) is 0 Å². The molecule has 3 aliphatic carbocycles. The smallest absolute Gasteiger partial charge is 0.223 e. The third-order valence-electron chi connectivity index (χ3n) is 6.16. The van der Waals surface area contributed by atoms with Crippen molar-refractivity contribution in [1.29, 1.82) is 0 Å². The molecule has 1 amide bonds. The van der Waals surface area contributed by atoms with Gasteiger partial charge in [0.1, 0.15) is 0 Å². The number of hydrogen-bond acceptors (Lipinski definition) is 2. The van der Waals surface area contributed by atoms with Crippen molar-refractivity contribution < 1.29 is 4.79 Å². The SMILES string of the molecule is CCC1(C)CC1C(=O)NC1C2CCCC1CC(N)C2. The summed E-state index contributed by atoms with van der Waals surface area (Å²) in [5.41, 5.74) is 6.42. The van der Waals surface area contributed by atoms with Gasteiger partial charge in [0.25, 0.3) is 0 Å². The van der Waals surface area contributed by atoms with Crippen LogP contribution in [0.2, 0.25) is 0 Å². The zero-order valence-corrected chi connectivity index (χ0v) is 12.3. The fraction of sp³-hybridized carbons (Fsp3) is 0.938. The molecule has 0 spiro atoms. The molecule has 0 aliphatic heterocycles. The number of fused-ring (bicyclic) bond motifs is 2. The van der Waals surface area contributed by atoms with Crippen molar-refractivity contribution in [3.05, 3.63) is 0 Å². The summed E-state index contributed by atoms with van der Waals surface area (Å²) >= 11 is 0. The molecule has 3 heteroatoms. The lowest BCUT2D eigenvalue weighted by molar-refractivity contribution is -0.125. The van der Waals surface area contributed by atoms with E-state index >= 15 is 0 Å². The van der Waals surface area contributed by atoms with E-state index in [1.807, 2.05) is 0 Å². The van der Waals surface area contributed by atoms with Crippen molar-refractivity contribution >= 4 is 5.91 Å². The Hall–Kier alpha value is -0.570. The van der Waals surface area contributed by atoms with E-state index in [0.29, 0.717) is 29.8 Å². The van der Waals surface area contributed by atoms with Gasteiger partial charge in [-0.1, -0.05) is 20.3 Å². The lowest BCUT2D eigenvalue weighted by Gasteiger charge is -2.45. The number of amides is 1. The van der Waals surface area contributed by atoms with Crippen LogP contribution in [0.4, 0.5) is 0 Å². The summed E-state index contributed by atoms with van der Waals surface area (Å²) in [7, 11) is 0. The molecule has 19 heavy (non-hydrogen) atoms. The minimum Gasteiger partial charge on any atom is -0.353 e. The zero-order valence-electron chi connectivity index (χ0n) is 12.3. The maximum absolute atomic E-state index is 12.4. The number of hydrogen-bond donors (Lipinski definition) is 2. The van der Waals surface area contributed by atoms with E-state index in [0.717, 1.165) is 25.7 Å². The summed E-state index contributed by atoms with van der Waals surface area (Å²) in [5, 5.41) is 3.40. The molecule has 0 radical (unpaired) electrons. The van der Waals surface area contributed by atoms with Gasteiger partial charge in [-0.2, -0.15) is 0 Å². The van der Waals surface area contributed by atoms with Gasteiger partial charge in [-0.3, -0.25) is 4.79 Å². The first-order chi connectivity index (χ1) is 9.03. The summed E-state index contributed by atoms with van der Waals surface area (Å²) in [4.78, 5) is 12.4. The van der Waals surface area contributed by atoms with E-state index in [1.165, 1.54) is 19.3 Å². The first-order valence-electron chi connectivity index (χ1n) is 8.09. The topological polar surface area (TPSA) is 55.1 Å². The minimum absolute atomic E-state index is 0.272. The lowest BCUT2D eigenvalue weighted by atomic mass is 9.67. The van der Waals surface area contributed by atoms with Crippen LogP contribution in [0.5, 0.6) is 0 Å². The van der Waals surface area contributed by atoms with Crippen molar-refractivity contribution in [2.75, 3.05) is 0 Å². The Morgan fingerprint density at radius 1 is 1.32 bits per heavy atom. The molecule has 3 fully saturated rings. The van der Waals surface area contributed by atoms with E-state index in [2.05, 4.69) is 19.2 Å². The predicted octanol–water partition coefficient (Wildman–Crippen LogP) is 2.44. The normalized spacial score (nSPS) is 48.7. The minimum atomic E-state index is 0.272. The van der Waals surface area contributed by atoms with Gasteiger partial charge in [0.15, 0.2) is 0 Å². The summed E-state index contributed by atoms with van der Waals surface area (Å²) in [6.07, 6.45) is 8.25. The summed E-state index contributed by atoms with van der Waals surface area (Å²) < 4.78 is 0. The second-order valence-electron chi connectivity index (χ2n) is 7.48.